The second-order valence-corrected chi connectivity index (χ2v) is 8.64. The second kappa shape index (κ2) is 12.0. The minimum Gasteiger partial charge on any atom is -0.383 e. The number of Topliss-reactive ketones (excluding diaryl/α,β-unsaturated/α-hetero) is 1. The number of hydrogen-bond acceptors (Lipinski definition) is 4. The molecule has 0 bridgehead atoms. The van der Waals surface area contributed by atoms with Crippen molar-refractivity contribution in [2.75, 3.05) is 45.2 Å². The molecular formula is C25H32ClN3O3. The van der Waals surface area contributed by atoms with Gasteiger partial charge in [-0.1, -0.05) is 35.9 Å². The van der Waals surface area contributed by atoms with E-state index in [0.29, 0.717) is 24.4 Å². The van der Waals surface area contributed by atoms with Gasteiger partial charge in [-0.15, -0.1) is 0 Å². The van der Waals surface area contributed by atoms with Gasteiger partial charge in [-0.05, 0) is 56.0 Å². The number of hydrogen-bond donors (Lipinski definition) is 1. The van der Waals surface area contributed by atoms with Gasteiger partial charge in [-0.2, -0.15) is 0 Å². The van der Waals surface area contributed by atoms with Gasteiger partial charge in [0.15, 0.2) is 5.78 Å². The minimum absolute atomic E-state index is 0.0247. The number of benzene rings is 2. The van der Waals surface area contributed by atoms with Crippen LogP contribution in [0.5, 0.6) is 0 Å². The number of nitrogens with zero attached hydrogens (tertiary/aromatic N) is 2. The Hall–Kier alpha value is -2.41. The van der Waals surface area contributed by atoms with Crippen molar-refractivity contribution in [2.24, 2.45) is 0 Å². The lowest BCUT2D eigenvalue weighted by atomic mass is 10.0. The first-order chi connectivity index (χ1) is 15.5. The predicted octanol–water partition coefficient (Wildman–Crippen LogP) is 4.73. The number of anilines is 1. The molecule has 1 N–H and O–H groups in total. The third-order valence-electron chi connectivity index (χ3n) is 5.95. The number of likely N-dealkylation sites (tertiary alicyclic amines) is 1. The van der Waals surface area contributed by atoms with Gasteiger partial charge in [-0.3, -0.25) is 4.79 Å². The Morgan fingerprint density at radius 2 is 1.88 bits per heavy atom. The standard InChI is InChI=1S/C25H32ClN3O3/c1-19(30)21-4-3-5-23(18-21)27-25(31)29(16-17-32-2)24-11-14-28(15-12-24)13-10-20-6-8-22(26)9-7-20/h3-9,18,24H,10-17H2,1-2H3,(H,27,31). The molecule has 0 unspecified atom stereocenters. The van der Waals surface area contributed by atoms with Gasteiger partial charge in [-0.25, -0.2) is 4.79 Å². The van der Waals surface area contributed by atoms with E-state index in [1.54, 1.807) is 31.4 Å². The van der Waals surface area contributed by atoms with Gasteiger partial charge in [0.1, 0.15) is 0 Å². The van der Waals surface area contributed by atoms with Gasteiger partial charge in [0.25, 0.3) is 0 Å². The zero-order valence-corrected chi connectivity index (χ0v) is 19.6. The Morgan fingerprint density at radius 3 is 2.53 bits per heavy atom. The van der Waals surface area contributed by atoms with Gasteiger partial charge in [0.2, 0.25) is 0 Å². The van der Waals surface area contributed by atoms with Crippen LogP contribution in [0.3, 0.4) is 0 Å². The lowest BCUT2D eigenvalue weighted by molar-refractivity contribution is 0.101. The van der Waals surface area contributed by atoms with E-state index in [1.165, 1.54) is 12.5 Å². The Balaban J connectivity index is 1.55. The second-order valence-electron chi connectivity index (χ2n) is 8.20. The first kappa shape index (κ1) is 24.2. The monoisotopic (exact) mass is 457 g/mol. The van der Waals surface area contributed by atoms with E-state index in [1.807, 2.05) is 17.0 Å². The number of halogens is 1. The Kier molecular flexibility index (Phi) is 9.09. The normalized spacial score (nSPS) is 14.8. The number of ketones is 1. The highest BCUT2D eigenvalue weighted by atomic mass is 35.5. The van der Waals surface area contributed by atoms with E-state index in [2.05, 4.69) is 22.3 Å². The van der Waals surface area contributed by atoms with E-state index in [4.69, 9.17) is 16.3 Å². The highest BCUT2D eigenvalue weighted by Gasteiger charge is 2.28. The fourth-order valence-corrected chi connectivity index (χ4v) is 4.17. The van der Waals surface area contributed by atoms with Crippen molar-refractivity contribution in [3.8, 4) is 0 Å². The number of ether oxygens (including phenoxy) is 1. The highest BCUT2D eigenvalue weighted by Crippen LogP contribution is 2.20. The average molecular weight is 458 g/mol. The molecule has 1 heterocycles. The van der Waals surface area contributed by atoms with Crippen molar-refractivity contribution >= 4 is 29.1 Å². The molecule has 0 aliphatic carbocycles. The molecule has 172 valence electrons. The summed E-state index contributed by atoms with van der Waals surface area (Å²) in [5.74, 6) is -0.0247. The molecule has 3 rings (SSSR count). The molecule has 7 heteroatoms. The number of rotatable bonds is 9. The first-order valence-corrected chi connectivity index (χ1v) is 11.5. The van der Waals surface area contributed by atoms with Crippen LogP contribution in [0, 0.1) is 0 Å². The van der Waals surface area contributed by atoms with Crippen LogP contribution in [-0.2, 0) is 11.2 Å². The summed E-state index contributed by atoms with van der Waals surface area (Å²) in [4.78, 5) is 29.0. The van der Waals surface area contributed by atoms with Crippen LogP contribution in [0.4, 0.5) is 10.5 Å². The average Bonchev–Trinajstić information content (AvgIpc) is 2.80. The topological polar surface area (TPSA) is 61.9 Å². The van der Waals surface area contributed by atoms with Crippen LogP contribution in [0.2, 0.25) is 5.02 Å². The van der Waals surface area contributed by atoms with Crippen LogP contribution in [-0.4, -0.2) is 67.6 Å². The van der Waals surface area contributed by atoms with Crippen molar-refractivity contribution in [1.29, 1.82) is 0 Å². The lowest BCUT2D eigenvalue weighted by Crippen LogP contribution is -2.50. The fourth-order valence-electron chi connectivity index (χ4n) is 4.04. The number of piperidine rings is 1. The largest absolute Gasteiger partial charge is 0.383 e. The third kappa shape index (κ3) is 7.05. The molecule has 2 amide bonds. The van der Waals surface area contributed by atoms with Crippen molar-refractivity contribution in [1.82, 2.24) is 9.80 Å². The summed E-state index contributed by atoms with van der Waals surface area (Å²) in [6, 6.07) is 15.1. The van der Waals surface area contributed by atoms with Crippen molar-refractivity contribution < 1.29 is 14.3 Å². The predicted molar refractivity (Wildman–Crippen MR) is 129 cm³/mol. The maximum Gasteiger partial charge on any atom is 0.322 e. The Morgan fingerprint density at radius 1 is 1.16 bits per heavy atom. The zero-order chi connectivity index (χ0) is 22.9. The molecular weight excluding hydrogens is 426 g/mol. The molecule has 0 spiro atoms. The first-order valence-electron chi connectivity index (χ1n) is 11.1. The molecule has 32 heavy (non-hydrogen) atoms. The molecule has 1 fully saturated rings. The van der Waals surface area contributed by atoms with Crippen LogP contribution in [0.15, 0.2) is 48.5 Å². The number of nitrogens with one attached hydrogen (secondary N) is 1. The number of amides is 2. The minimum atomic E-state index is -0.151. The summed E-state index contributed by atoms with van der Waals surface area (Å²) in [5, 5.41) is 3.72. The Bertz CT molecular complexity index is 896. The van der Waals surface area contributed by atoms with E-state index < -0.39 is 0 Å². The van der Waals surface area contributed by atoms with Crippen LogP contribution < -0.4 is 5.32 Å². The number of carbonyl (C=O) groups excluding carboxylic acids is 2. The summed E-state index contributed by atoms with van der Waals surface area (Å²) < 4.78 is 5.25. The van der Waals surface area contributed by atoms with Gasteiger partial charge in [0.05, 0.1) is 6.61 Å². The summed E-state index contributed by atoms with van der Waals surface area (Å²) in [6.45, 7) is 5.44. The quantitative estimate of drug-likeness (QED) is 0.553. The lowest BCUT2D eigenvalue weighted by Gasteiger charge is -2.38. The Labute approximate surface area is 195 Å². The van der Waals surface area contributed by atoms with Crippen LogP contribution >= 0.6 is 11.6 Å². The molecule has 0 saturated carbocycles. The molecule has 0 atom stereocenters. The van der Waals surface area contributed by atoms with Gasteiger partial charge < -0.3 is 19.9 Å². The summed E-state index contributed by atoms with van der Waals surface area (Å²) in [6.07, 6.45) is 2.83. The van der Waals surface area contributed by atoms with E-state index in [9.17, 15) is 9.59 Å². The summed E-state index contributed by atoms with van der Waals surface area (Å²) >= 11 is 5.97. The molecule has 2 aromatic carbocycles. The SMILES string of the molecule is COCCN(C(=O)Nc1cccc(C(C)=O)c1)C1CCN(CCc2ccc(Cl)cc2)CC1. The van der Waals surface area contributed by atoms with Gasteiger partial charge in [0, 0.05) is 55.6 Å². The van der Waals surface area contributed by atoms with Crippen LogP contribution in [0.25, 0.3) is 0 Å². The molecule has 2 aromatic rings. The van der Waals surface area contributed by atoms with E-state index in [0.717, 1.165) is 43.9 Å². The molecule has 1 saturated heterocycles. The van der Waals surface area contributed by atoms with E-state index >= 15 is 0 Å². The van der Waals surface area contributed by atoms with Crippen molar-refractivity contribution in [3.63, 3.8) is 0 Å². The maximum atomic E-state index is 13.1. The molecule has 0 radical (unpaired) electrons. The maximum absolute atomic E-state index is 13.1. The summed E-state index contributed by atoms with van der Waals surface area (Å²) in [5.41, 5.74) is 2.50. The molecule has 0 aromatic heterocycles. The molecule has 1 aliphatic rings. The number of carbonyl (C=O) groups is 2. The summed E-state index contributed by atoms with van der Waals surface area (Å²) in [7, 11) is 1.64. The van der Waals surface area contributed by atoms with Crippen molar-refractivity contribution in [3.05, 3.63) is 64.7 Å². The number of methoxy groups -OCH3 is 1. The number of urea groups is 1. The van der Waals surface area contributed by atoms with Crippen LogP contribution in [0.1, 0.15) is 35.7 Å². The van der Waals surface area contributed by atoms with Gasteiger partial charge >= 0.3 is 6.03 Å². The highest BCUT2D eigenvalue weighted by molar-refractivity contribution is 6.30. The molecule has 6 nitrogen and oxygen atoms in total. The zero-order valence-electron chi connectivity index (χ0n) is 18.9. The smallest absolute Gasteiger partial charge is 0.322 e. The van der Waals surface area contributed by atoms with E-state index in [-0.39, 0.29) is 17.9 Å². The van der Waals surface area contributed by atoms with Crippen molar-refractivity contribution in [2.45, 2.75) is 32.2 Å². The third-order valence-corrected chi connectivity index (χ3v) is 6.20. The molecule has 1 aliphatic heterocycles. The fraction of sp³-hybridized carbons (Fsp3) is 0.440.